The molecule has 1 heterocycles. The van der Waals surface area contributed by atoms with Gasteiger partial charge in [0.15, 0.2) is 0 Å². The van der Waals surface area contributed by atoms with Crippen molar-refractivity contribution in [2.45, 2.75) is 26.7 Å². The van der Waals surface area contributed by atoms with Crippen molar-refractivity contribution in [1.29, 1.82) is 0 Å². The largest absolute Gasteiger partial charge is 0.324 e. The molecule has 6 heteroatoms. The van der Waals surface area contributed by atoms with E-state index in [1.165, 1.54) is 0 Å². The number of rotatable bonds is 6. The van der Waals surface area contributed by atoms with Crippen molar-refractivity contribution in [2.24, 2.45) is 0 Å². The summed E-state index contributed by atoms with van der Waals surface area (Å²) in [4.78, 5) is 33.2. The molecule has 0 saturated carbocycles. The fourth-order valence-corrected chi connectivity index (χ4v) is 2.80. The lowest BCUT2D eigenvalue weighted by atomic mass is 10.1. The molecule has 0 atom stereocenters. The average Bonchev–Trinajstić information content (AvgIpc) is 2.69. The minimum Gasteiger partial charge on any atom is -0.324 e. The first-order valence-electron chi connectivity index (χ1n) is 9.05. The first kappa shape index (κ1) is 19.2. The van der Waals surface area contributed by atoms with E-state index in [2.05, 4.69) is 20.6 Å². The number of amides is 2. The quantitative estimate of drug-likeness (QED) is 0.685. The standard InChI is InChI=1S/C22H22N4O2/c1-15-7-9-19(26-22(28)18-6-4-3-5-16(18)2)20(13-15)25-21(27)10-8-17-14-23-11-12-24-17/h3-7,9,11-14H,8,10H2,1-2H3,(H,25,27)(H,26,28). The Kier molecular flexibility index (Phi) is 6.11. The molecular weight excluding hydrogens is 352 g/mol. The molecule has 3 aromatic rings. The van der Waals surface area contributed by atoms with Gasteiger partial charge in [0.25, 0.3) is 5.91 Å². The van der Waals surface area contributed by atoms with Crippen LogP contribution in [0, 0.1) is 13.8 Å². The van der Waals surface area contributed by atoms with E-state index in [9.17, 15) is 9.59 Å². The molecule has 0 aliphatic rings. The van der Waals surface area contributed by atoms with Crippen LogP contribution in [-0.2, 0) is 11.2 Å². The van der Waals surface area contributed by atoms with Gasteiger partial charge in [-0.15, -0.1) is 0 Å². The normalized spacial score (nSPS) is 10.4. The summed E-state index contributed by atoms with van der Waals surface area (Å²) < 4.78 is 0. The summed E-state index contributed by atoms with van der Waals surface area (Å²) in [6.45, 7) is 3.82. The van der Waals surface area contributed by atoms with Crippen LogP contribution in [-0.4, -0.2) is 21.8 Å². The zero-order valence-electron chi connectivity index (χ0n) is 15.9. The van der Waals surface area contributed by atoms with Crippen LogP contribution in [0.3, 0.4) is 0 Å². The summed E-state index contributed by atoms with van der Waals surface area (Å²) in [6.07, 6.45) is 5.62. The molecule has 28 heavy (non-hydrogen) atoms. The Labute approximate surface area is 164 Å². The predicted octanol–water partition coefficient (Wildman–Crippen LogP) is 3.92. The molecule has 0 aliphatic carbocycles. The van der Waals surface area contributed by atoms with Crippen LogP contribution in [0.15, 0.2) is 61.1 Å². The summed E-state index contributed by atoms with van der Waals surface area (Å²) in [5.74, 6) is -0.361. The third kappa shape index (κ3) is 5.01. The highest BCUT2D eigenvalue weighted by Crippen LogP contribution is 2.24. The number of nitrogens with zero attached hydrogens (tertiary/aromatic N) is 2. The van der Waals surface area contributed by atoms with Crippen LogP contribution >= 0.6 is 0 Å². The molecule has 2 amide bonds. The van der Waals surface area contributed by atoms with Gasteiger partial charge in [-0.1, -0.05) is 24.3 Å². The number of carbonyl (C=O) groups excluding carboxylic acids is 2. The molecule has 142 valence electrons. The minimum absolute atomic E-state index is 0.150. The third-order valence-corrected chi connectivity index (χ3v) is 4.31. The van der Waals surface area contributed by atoms with Gasteiger partial charge in [0, 0.05) is 30.6 Å². The summed E-state index contributed by atoms with van der Waals surface area (Å²) in [6, 6.07) is 12.9. The monoisotopic (exact) mass is 374 g/mol. The zero-order chi connectivity index (χ0) is 19.9. The topological polar surface area (TPSA) is 84.0 Å². The van der Waals surface area contributed by atoms with Gasteiger partial charge in [-0.25, -0.2) is 0 Å². The fraction of sp³-hybridized carbons (Fsp3) is 0.182. The van der Waals surface area contributed by atoms with E-state index in [1.807, 2.05) is 44.2 Å². The third-order valence-electron chi connectivity index (χ3n) is 4.31. The first-order valence-corrected chi connectivity index (χ1v) is 9.05. The smallest absolute Gasteiger partial charge is 0.255 e. The van der Waals surface area contributed by atoms with Gasteiger partial charge in [0.2, 0.25) is 5.91 Å². The van der Waals surface area contributed by atoms with Gasteiger partial charge in [-0.3, -0.25) is 19.6 Å². The van der Waals surface area contributed by atoms with E-state index in [0.717, 1.165) is 16.8 Å². The van der Waals surface area contributed by atoms with Gasteiger partial charge >= 0.3 is 0 Å². The Balaban J connectivity index is 1.71. The first-order chi connectivity index (χ1) is 13.5. The highest BCUT2D eigenvalue weighted by Gasteiger charge is 2.13. The molecule has 0 aliphatic heterocycles. The van der Waals surface area contributed by atoms with Crippen molar-refractivity contribution in [3.63, 3.8) is 0 Å². The van der Waals surface area contributed by atoms with E-state index in [4.69, 9.17) is 0 Å². The van der Waals surface area contributed by atoms with Gasteiger partial charge in [0.1, 0.15) is 0 Å². The van der Waals surface area contributed by atoms with Crippen molar-refractivity contribution in [1.82, 2.24) is 9.97 Å². The van der Waals surface area contributed by atoms with E-state index < -0.39 is 0 Å². The number of nitrogens with one attached hydrogen (secondary N) is 2. The Morgan fingerprint density at radius 3 is 2.54 bits per heavy atom. The number of hydrogen-bond donors (Lipinski definition) is 2. The van der Waals surface area contributed by atoms with Crippen molar-refractivity contribution < 1.29 is 9.59 Å². The summed E-state index contributed by atoms with van der Waals surface area (Å²) >= 11 is 0. The minimum atomic E-state index is -0.211. The number of anilines is 2. The van der Waals surface area contributed by atoms with Crippen LogP contribution in [0.4, 0.5) is 11.4 Å². The Bertz CT molecular complexity index is 987. The van der Waals surface area contributed by atoms with Crippen molar-refractivity contribution in [3.05, 3.63) is 83.4 Å². The highest BCUT2D eigenvalue weighted by atomic mass is 16.2. The number of hydrogen-bond acceptors (Lipinski definition) is 4. The second kappa shape index (κ2) is 8.90. The van der Waals surface area contributed by atoms with Crippen LogP contribution < -0.4 is 10.6 Å². The van der Waals surface area contributed by atoms with Crippen LogP contribution in [0.25, 0.3) is 0 Å². The van der Waals surface area contributed by atoms with E-state index in [1.54, 1.807) is 30.7 Å². The number of carbonyl (C=O) groups is 2. The van der Waals surface area contributed by atoms with Gasteiger partial charge in [-0.2, -0.15) is 0 Å². The number of aromatic nitrogens is 2. The summed E-state index contributed by atoms with van der Waals surface area (Å²) in [5, 5.41) is 5.79. The van der Waals surface area contributed by atoms with E-state index >= 15 is 0 Å². The van der Waals surface area contributed by atoms with E-state index in [0.29, 0.717) is 23.4 Å². The molecule has 0 spiro atoms. The summed E-state index contributed by atoms with van der Waals surface area (Å²) in [5.41, 5.74) is 4.37. The maximum absolute atomic E-state index is 12.6. The number of benzene rings is 2. The van der Waals surface area contributed by atoms with Crippen LogP contribution in [0.5, 0.6) is 0 Å². The lowest BCUT2D eigenvalue weighted by Gasteiger charge is -2.14. The van der Waals surface area contributed by atoms with Crippen molar-refractivity contribution in [2.75, 3.05) is 10.6 Å². The Morgan fingerprint density at radius 1 is 0.964 bits per heavy atom. The van der Waals surface area contributed by atoms with Crippen molar-refractivity contribution in [3.8, 4) is 0 Å². The molecule has 2 N–H and O–H groups in total. The Hall–Kier alpha value is -3.54. The molecule has 6 nitrogen and oxygen atoms in total. The molecule has 1 aromatic heterocycles. The van der Waals surface area contributed by atoms with Crippen LogP contribution in [0.1, 0.15) is 33.6 Å². The molecular formula is C22H22N4O2. The second-order valence-corrected chi connectivity index (χ2v) is 6.56. The maximum atomic E-state index is 12.6. The SMILES string of the molecule is Cc1ccc(NC(=O)c2ccccc2C)c(NC(=O)CCc2cnccn2)c1. The summed E-state index contributed by atoms with van der Waals surface area (Å²) in [7, 11) is 0. The second-order valence-electron chi connectivity index (χ2n) is 6.56. The molecule has 0 saturated heterocycles. The van der Waals surface area contributed by atoms with Crippen LogP contribution in [0.2, 0.25) is 0 Å². The van der Waals surface area contributed by atoms with Gasteiger partial charge < -0.3 is 10.6 Å². The average molecular weight is 374 g/mol. The maximum Gasteiger partial charge on any atom is 0.255 e. The zero-order valence-corrected chi connectivity index (χ0v) is 15.9. The number of aryl methyl sites for hydroxylation is 3. The Morgan fingerprint density at radius 2 is 1.79 bits per heavy atom. The molecule has 0 fully saturated rings. The molecule has 0 unspecified atom stereocenters. The highest BCUT2D eigenvalue weighted by molar-refractivity contribution is 6.08. The molecule has 0 radical (unpaired) electrons. The molecule has 0 bridgehead atoms. The molecule has 3 rings (SSSR count). The lowest BCUT2D eigenvalue weighted by Crippen LogP contribution is -2.18. The van der Waals surface area contributed by atoms with E-state index in [-0.39, 0.29) is 18.2 Å². The lowest BCUT2D eigenvalue weighted by molar-refractivity contribution is -0.116. The predicted molar refractivity (Wildman–Crippen MR) is 109 cm³/mol. The fourth-order valence-electron chi connectivity index (χ4n) is 2.80. The van der Waals surface area contributed by atoms with Crippen molar-refractivity contribution >= 4 is 23.2 Å². The molecule has 2 aromatic carbocycles. The van der Waals surface area contributed by atoms with Gasteiger partial charge in [0.05, 0.1) is 17.1 Å². The van der Waals surface area contributed by atoms with Gasteiger partial charge in [-0.05, 0) is 49.6 Å².